The van der Waals surface area contributed by atoms with Crippen molar-refractivity contribution in [2.75, 3.05) is 60.5 Å². The number of aldehydes is 1. The Kier molecular flexibility index (Phi) is 17.9. The van der Waals surface area contributed by atoms with Crippen molar-refractivity contribution >= 4 is 53.9 Å². The first-order valence-corrected chi connectivity index (χ1v) is 19.8. The van der Waals surface area contributed by atoms with Crippen LogP contribution >= 0.6 is 18.9 Å². The number of carbonyl (C=O) groups excluding carboxylic acids is 4. The van der Waals surface area contributed by atoms with E-state index in [1.807, 2.05) is 32.6 Å². The van der Waals surface area contributed by atoms with Crippen molar-refractivity contribution in [3.63, 3.8) is 0 Å². The van der Waals surface area contributed by atoms with Gasteiger partial charge in [-0.15, -0.1) is 11.3 Å². The molecule has 4 heterocycles. The van der Waals surface area contributed by atoms with Crippen LogP contribution in [0.3, 0.4) is 0 Å². The highest BCUT2D eigenvalue weighted by Crippen LogP contribution is 2.59. The summed E-state index contributed by atoms with van der Waals surface area (Å²) in [7, 11) is 0.274. The van der Waals surface area contributed by atoms with Gasteiger partial charge in [0.25, 0.3) is 5.91 Å². The minimum atomic E-state index is -5.66. The van der Waals surface area contributed by atoms with Crippen LogP contribution in [0.15, 0.2) is 24.3 Å². The van der Waals surface area contributed by atoms with Crippen molar-refractivity contribution in [2.45, 2.75) is 70.7 Å². The van der Waals surface area contributed by atoms with Gasteiger partial charge in [0.15, 0.2) is 0 Å². The average Bonchev–Trinajstić information content (AvgIpc) is 3.55. The van der Waals surface area contributed by atoms with E-state index < -0.39 is 30.8 Å². The molecule has 1 aromatic carbocycles. The van der Waals surface area contributed by atoms with E-state index in [2.05, 4.69) is 29.1 Å². The van der Waals surface area contributed by atoms with Gasteiger partial charge in [-0.1, -0.05) is 26.8 Å². The fraction of sp³-hybridized carbons (Fsp3) is 0.657. The van der Waals surface area contributed by atoms with E-state index in [-0.39, 0.29) is 22.3 Å². The van der Waals surface area contributed by atoms with Crippen LogP contribution in [0.1, 0.15) is 68.1 Å². The number of benzene rings is 1. The van der Waals surface area contributed by atoms with Gasteiger partial charge in [-0.2, -0.15) is 8.78 Å². The topological polar surface area (TPSA) is 157 Å². The molecule has 3 aliphatic heterocycles. The Morgan fingerprint density at radius 2 is 1.71 bits per heavy atom. The Bertz CT molecular complexity index is 1460. The van der Waals surface area contributed by atoms with Gasteiger partial charge in [-0.05, 0) is 94.7 Å². The summed E-state index contributed by atoms with van der Waals surface area (Å²) < 4.78 is 44.5. The minimum absolute atomic E-state index is 0.234. The number of methoxy groups -OCH3 is 1. The number of alkyl halides is 2. The highest BCUT2D eigenvalue weighted by molar-refractivity contribution is 7.52. The van der Waals surface area contributed by atoms with Crippen LogP contribution in [-0.2, 0) is 29.3 Å². The summed E-state index contributed by atoms with van der Waals surface area (Å²) in [5, 5.41) is 2.91. The van der Waals surface area contributed by atoms with Gasteiger partial charge >= 0.3 is 13.3 Å². The molecule has 0 bridgehead atoms. The smallest absolute Gasteiger partial charge is 0.380 e. The number of ether oxygens (including phenoxy) is 1. The molecule has 1 saturated carbocycles. The first-order chi connectivity index (χ1) is 24.1. The zero-order chi connectivity index (χ0) is 38.5. The molecule has 12 nitrogen and oxygen atoms in total. The summed E-state index contributed by atoms with van der Waals surface area (Å²) in [5.74, 6) is 1.05. The third-order valence-electron chi connectivity index (χ3n) is 9.30. The van der Waals surface area contributed by atoms with Crippen LogP contribution < -0.4 is 5.32 Å². The zero-order valence-corrected chi connectivity index (χ0v) is 32.3. The average molecular weight is 761 g/mol. The molecule has 3 saturated heterocycles. The summed E-state index contributed by atoms with van der Waals surface area (Å²) in [6, 6.07) is 3.95. The van der Waals surface area contributed by atoms with E-state index in [0.717, 1.165) is 62.5 Å². The van der Waals surface area contributed by atoms with Crippen LogP contribution in [0, 0.1) is 17.8 Å². The number of likely N-dealkylation sites (tertiary alicyclic amines) is 3. The van der Waals surface area contributed by atoms with Gasteiger partial charge in [-0.3, -0.25) is 14.2 Å². The molecule has 51 heavy (non-hydrogen) atoms. The van der Waals surface area contributed by atoms with Gasteiger partial charge in [0.1, 0.15) is 13.1 Å². The molecule has 4 atom stereocenters. The Morgan fingerprint density at radius 1 is 1.10 bits per heavy atom. The molecule has 4 fully saturated rings. The predicted molar refractivity (Wildman–Crippen MR) is 195 cm³/mol. The number of hydrogen-bond donors (Lipinski definition) is 3. The second-order valence-corrected chi connectivity index (χ2v) is 16.0. The van der Waals surface area contributed by atoms with E-state index >= 15 is 0 Å². The van der Waals surface area contributed by atoms with Crippen molar-refractivity contribution in [3.8, 4) is 0 Å². The molecule has 0 radical (unpaired) electrons. The highest BCUT2D eigenvalue weighted by atomic mass is 32.1. The number of amides is 2. The van der Waals surface area contributed by atoms with Crippen molar-refractivity contribution in [2.24, 2.45) is 17.8 Å². The molecule has 0 spiro atoms. The molecule has 2 aromatic rings. The summed E-state index contributed by atoms with van der Waals surface area (Å²) in [4.78, 5) is 67.9. The number of nitrogens with one attached hydrogen (secondary N) is 1. The third kappa shape index (κ3) is 12.8. The number of hydrogen-bond acceptors (Lipinski definition) is 9. The largest absolute Gasteiger partial charge is 0.399 e. The van der Waals surface area contributed by atoms with E-state index in [1.54, 1.807) is 7.11 Å². The summed E-state index contributed by atoms with van der Waals surface area (Å²) in [6.07, 6.45) is 6.36. The summed E-state index contributed by atoms with van der Waals surface area (Å²) >= 11 is 1.05. The molecule has 2 amide bonds. The fourth-order valence-corrected chi connectivity index (χ4v) is 7.48. The molecule has 4 aliphatic rings. The molecule has 1 aliphatic carbocycles. The van der Waals surface area contributed by atoms with Crippen LogP contribution in [-0.4, -0.2) is 122 Å². The quantitative estimate of drug-likeness (QED) is 0.239. The molecule has 1 aromatic heterocycles. The van der Waals surface area contributed by atoms with Gasteiger partial charge in [0.2, 0.25) is 5.91 Å². The number of thiophene rings is 1. The van der Waals surface area contributed by atoms with Gasteiger partial charge in [-0.25, -0.2) is 0 Å². The Hall–Kier alpha value is -2.65. The van der Waals surface area contributed by atoms with Gasteiger partial charge in [0, 0.05) is 43.6 Å². The van der Waals surface area contributed by atoms with E-state index in [1.165, 1.54) is 38.1 Å². The lowest BCUT2D eigenvalue weighted by molar-refractivity contribution is -0.139. The zero-order valence-electron chi connectivity index (χ0n) is 30.6. The molecular formula is C35H55F2N4O8PS. The second kappa shape index (κ2) is 20.6. The number of halogens is 2. The highest BCUT2D eigenvalue weighted by Gasteiger charge is 2.50. The monoisotopic (exact) mass is 760 g/mol. The molecule has 3 unspecified atom stereocenters. The number of nitrogens with zero attached hydrogens (tertiary/aromatic N) is 3. The molecule has 3 N–H and O–H groups in total. The SMILES string of the molecule is C=O.CC.CC1CC1C[C@@H](C=O)NC(=O)c1cc2cc(C(F)(F)P(=O)(O)O)ccc2s1.CN1CCCC1.COC1CCN(C(=O)C2CN(C)C2)C1. The normalized spacial score (nSPS) is 22.4. The van der Waals surface area contributed by atoms with Crippen molar-refractivity contribution in [1.82, 2.24) is 20.0 Å². The number of fused-ring (bicyclic) bond motifs is 1. The minimum Gasteiger partial charge on any atom is -0.380 e. The van der Waals surface area contributed by atoms with Crippen molar-refractivity contribution < 1.29 is 47.0 Å². The second-order valence-electron chi connectivity index (χ2n) is 13.2. The third-order valence-corrected chi connectivity index (χ3v) is 11.4. The Labute approximate surface area is 304 Å². The molecule has 6 rings (SSSR count). The predicted octanol–water partition coefficient (Wildman–Crippen LogP) is 4.82. The maximum atomic E-state index is 13.9. The first kappa shape index (κ1) is 44.5. The molecule has 16 heteroatoms. The fourth-order valence-electron chi connectivity index (χ4n) is 6.06. The number of rotatable bonds is 9. The molecule has 288 valence electrons. The summed E-state index contributed by atoms with van der Waals surface area (Å²) in [5.41, 5.74) is -5.13. The number of carbonyl (C=O) groups is 4. The lowest BCUT2D eigenvalue weighted by Crippen LogP contribution is -2.52. The van der Waals surface area contributed by atoms with E-state index in [4.69, 9.17) is 19.3 Å². The maximum Gasteiger partial charge on any atom is 0.399 e. The van der Waals surface area contributed by atoms with Crippen molar-refractivity contribution in [3.05, 3.63) is 34.7 Å². The van der Waals surface area contributed by atoms with Gasteiger partial charge < -0.3 is 44.1 Å². The van der Waals surface area contributed by atoms with Crippen LogP contribution in [0.5, 0.6) is 0 Å². The lowest BCUT2D eigenvalue weighted by Gasteiger charge is -2.37. The lowest BCUT2D eigenvalue weighted by atomic mass is 10.00. The van der Waals surface area contributed by atoms with E-state index in [9.17, 15) is 27.7 Å². The van der Waals surface area contributed by atoms with Gasteiger partial charge in [0.05, 0.1) is 22.9 Å². The molecular weight excluding hydrogens is 705 g/mol. The maximum absolute atomic E-state index is 13.9. The standard InChI is InChI=1S/C17H18F2NO5PS.C10H18N2O2.C5H11N.C2H6.CH2O/c1-9-4-10(9)6-13(8-21)20-16(22)15-7-11-5-12(2-3-14(11)27-15)17(18,19)26(23,24)25;1-11-5-8(6-11)10(13)12-4-3-9(7-12)14-2;1-6-4-2-3-5-6;2*1-2/h2-3,5,7-10,13H,4,6H2,1H3,(H,20,22)(H2,23,24,25);8-9H,3-7H2,1-2H3;2-5H2,1H3;1-2H3;1H2/t9?,10?,13-;;;;/m0..../s1. The Balaban J connectivity index is 0.000000310. The van der Waals surface area contributed by atoms with Crippen LogP contribution in [0.2, 0.25) is 0 Å². The first-order valence-electron chi connectivity index (χ1n) is 17.3. The van der Waals surface area contributed by atoms with E-state index in [0.29, 0.717) is 35.1 Å². The van der Waals surface area contributed by atoms with Crippen LogP contribution in [0.4, 0.5) is 8.78 Å². The van der Waals surface area contributed by atoms with Crippen molar-refractivity contribution in [1.29, 1.82) is 0 Å². The Morgan fingerprint density at radius 3 is 2.16 bits per heavy atom. The van der Waals surface area contributed by atoms with Crippen LogP contribution in [0.25, 0.3) is 10.1 Å². The summed E-state index contributed by atoms with van der Waals surface area (Å²) in [6.45, 7) is 14.2.